The standard InChI is InChI=1S/C32H60O6S/c1-3-4-5-6-7-8-9-13-16-19-22-25-32(36)38-30(27-33)28-37-31(35)24-21-18-15-12-10-11-14-17-20-23-26-39-29(2)34/h30,33H,3-28H2,1-2H3/t30-/m1/s1. The average molecular weight is 573 g/mol. The van der Waals surface area contributed by atoms with Crippen molar-refractivity contribution in [2.45, 2.75) is 168 Å². The van der Waals surface area contributed by atoms with Crippen LogP contribution in [-0.4, -0.2) is 47.2 Å². The van der Waals surface area contributed by atoms with Gasteiger partial charge >= 0.3 is 11.9 Å². The Bertz CT molecular complexity index is 583. The summed E-state index contributed by atoms with van der Waals surface area (Å²) in [5, 5.41) is 9.69. The van der Waals surface area contributed by atoms with Crippen LogP contribution < -0.4 is 0 Å². The Hall–Kier alpha value is -1.08. The SMILES string of the molecule is CCCCCCCCCCCCCC(=O)O[C@H](CO)COC(=O)CCCCCCCCCCCCSC(C)=O. The molecule has 0 fully saturated rings. The highest BCUT2D eigenvalue weighted by molar-refractivity contribution is 8.13. The van der Waals surface area contributed by atoms with Crippen molar-refractivity contribution in [3.05, 3.63) is 0 Å². The number of rotatable bonds is 29. The highest BCUT2D eigenvalue weighted by Crippen LogP contribution is 2.14. The third-order valence-corrected chi connectivity index (χ3v) is 7.90. The zero-order valence-electron chi connectivity index (χ0n) is 25.4. The van der Waals surface area contributed by atoms with Crippen LogP contribution in [0.3, 0.4) is 0 Å². The van der Waals surface area contributed by atoms with Gasteiger partial charge in [-0.05, 0) is 19.3 Å². The largest absolute Gasteiger partial charge is 0.462 e. The van der Waals surface area contributed by atoms with E-state index in [1.165, 1.54) is 102 Å². The Morgan fingerprint density at radius 2 is 1.03 bits per heavy atom. The molecule has 0 amide bonds. The summed E-state index contributed by atoms with van der Waals surface area (Å²) in [6.07, 6.45) is 24.9. The van der Waals surface area contributed by atoms with E-state index >= 15 is 0 Å². The predicted octanol–water partition coefficient (Wildman–Crippen LogP) is 8.71. The number of carbonyl (C=O) groups excluding carboxylic acids is 3. The second-order valence-corrected chi connectivity index (χ2v) is 12.2. The molecule has 0 unspecified atom stereocenters. The lowest BCUT2D eigenvalue weighted by Gasteiger charge is -2.15. The van der Waals surface area contributed by atoms with Gasteiger partial charge in [0, 0.05) is 25.5 Å². The van der Waals surface area contributed by atoms with Gasteiger partial charge in [0.2, 0.25) is 0 Å². The van der Waals surface area contributed by atoms with Crippen molar-refractivity contribution in [3.63, 3.8) is 0 Å². The monoisotopic (exact) mass is 572 g/mol. The van der Waals surface area contributed by atoms with E-state index < -0.39 is 6.10 Å². The Labute approximate surface area is 244 Å². The summed E-state index contributed by atoms with van der Waals surface area (Å²) in [6, 6.07) is 0. The van der Waals surface area contributed by atoms with Crippen LogP contribution in [0.1, 0.15) is 162 Å². The van der Waals surface area contributed by atoms with E-state index in [9.17, 15) is 19.5 Å². The molecule has 0 rings (SSSR count). The van der Waals surface area contributed by atoms with Crippen LogP contribution in [0.25, 0.3) is 0 Å². The molecule has 0 aromatic carbocycles. The van der Waals surface area contributed by atoms with E-state index in [-0.39, 0.29) is 30.3 Å². The van der Waals surface area contributed by atoms with E-state index in [0.29, 0.717) is 12.8 Å². The smallest absolute Gasteiger partial charge is 0.306 e. The van der Waals surface area contributed by atoms with Gasteiger partial charge in [-0.3, -0.25) is 14.4 Å². The van der Waals surface area contributed by atoms with Crippen molar-refractivity contribution in [3.8, 4) is 0 Å². The molecule has 0 aliphatic carbocycles. The molecule has 0 aliphatic heterocycles. The van der Waals surface area contributed by atoms with Crippen LogP contribution in [-0.2, 0) is 23.9 Å². The van der Waals surface area contributed by atoms with Crippen molar-refractivity contribution in [1.29, 1.82) is 0 Å². The molecule has 0 saturated heterocycles. The molecular formula is C32H60O6S. The van der Waals surface area contributed by atoms with Crippen LogP contribution in [0.5, 0.6) is 0 Å². The fraction of sp³-hybridized carbons (Fsp3) is 0.906. The van der Waals surface area contributed by atoms with Crippen LogP contribution in [0.2, 0.25) is 0 Å². The molecular weight excluding hydrogens is 512 g/mol. The zero-order chi connectivity index (χ0) is 28.8. The molecule has 1 atom stereocenters. The lowest BCUT2D eigenvalue weighted by Crippen LogP contribution is -2.28. The number of hydrogen-bond donors (Lipinski definition) is 1. The topological polar surface area (TPSA) is 89.9 Å². The van der Waals surface area contributed by atoms with Gasteiger partial charge in [0.05, 0.1) is 6.61 Å². The molecule has 1 N–H and O–H groups in total. The fourth-order valence-electron chi connectivity index (χ4n) is 4.56. The van der Waals surface area contributed by atoms with Crippen molar-refractivity contribution in [1.82, 2.24) is 0 Å². The van der Waals surface area contributed by atoms with Gasteiger partial charge in [0.15, 0.2) is 11.2 Å². The Kier molecular flexibility index (Phi) is 29.1. The van der Waals surface area contributed by atoms with Crippen molar-refractivity contribution >= 4 is 28.8 Å². The molecule has 0 aromatic rings. The summed E-state index contributed by atoms with van der Waals surface area (Å²) >= 11 is 1.42. The van der Waals surface area contributed by atoms with Crippen molar-refractivity contribution in [2.24, 2.45) is 0 Å². The molecule has 0 saturated carbocycles. The minimum atomic E-state index is -0.776. The number of esters is 2. The number of thioether (sulfide) groups is 1. The molecule has 0 aliphatic rings. The first kappa shape index (κ1) is 37.9. The number of hydrogen-bond acceptors (Lipinski definition) is 7. The quantitative estimate of drug-likeness (QED) is 0.0708. The van der Waals surface area contributed by atoms with Crippen LogP contribution in [0.4, 0.5) is 0 Å². The summed E-state index contributed by atoms with van der Waals surface area (Å²) in [6.45, 7) is 3.45. The first-order chi connectivity index (χ1) is 19.0. The van der Waals surface area contributed by atoms with Gasteiger partial charge in [-0.15, -0.1) is 0 Å². The number of unbranched alkanes of at least 4 members (excludes halogenated alkanes) is 19. The van der Waals surface area contributed by atoms with E-state index in [1.54, 1.807) is 6.92 Å². The molecule has 7 heteroatoms. The first-order valence-corrected chi connectivity index (χ1v) is 17.1. The molecule has 0 spiro atoms. The lowest BCUT2D eigenvalue weighted by atomic mass is 10.1. The molecule has 0 radical (unpaired) electrons. The maximum atomic E-state index is 12.1. The van der Waals surface area contributed by atoms with Crippen LogP contribution >= 0.6 is 11.8 Å². The molecule has 230 valence electrons. The second kappa shape index (κ2) is 29.9. The summed E-state index contributed by atoms with van der Waals surface area (Å²) in [7, 11) is 0. The molecule has 6 nitrogen and oxygen atoms in total. The molecule has 0 heterocycles. The first-order valence-electron chi connectivity index (χ1n) is 16.1. The van der Waals surface area contributed by atoms with E-state index in [4.69, 9.17) is 9.47 Å². The van der Waals surface area contributed by atoms with Gasteiger partial charge in [-0.2, -0.15) is 0 Å². The van der Waals surface area contributed by atoms with Crippen LogP contribution in [0.15, 0.2) is 0 Å². The average Bonchev–Trinajstić information content (AvgIpc) is 2.92. The van der Waals surface area contributed by atoms with Crippen LogP contribution in [0, 0.1) is 0 Å². The summed E-state index contributed by atoms with van der Waals surface area (Å²) in [5.74, 6) is 0.328. The van der Waals surface area contributed by atoms with Gasteiger partial charge in [0.25, 0.3) is 0 Å². The van der Waals surface area contributed by atoms with Crippen molar-refractivity contribution in [2.75, 3.05) is 19.0 Å². The Morgan fingerprint density at radius 1 is 0.615 bits per heavy atom. The van der Waals surface area contributed by atoms with Gasteiger partial charge in [-0.1, -0.05) is 134 Å². The lowest BCUT2D eigenvalue weighted by molar-refractivity contribution is -0.161. The summed E-state index contributed by atoms with van der Waals surface area (Å²) < 4.78 is 10.5. The predicted molar refractivity (Wildman–Crippen MR) is 163 cm³/mol. The third kappa shape index (κ3) is 29.7. The minimum Gasteiger partial charge on any atom is -0.462 e. The normalized spacial score (nSPS) is 11.9. The summed E-state index contributed by atoms with van der Waals surface area (Å²) in [4.78, 5) is 34.9. The molecule has 0 bridgehead atoms. The van der Waals surface area contributed by atoms with Crippen molar-refractivity contribution < 1.29 is 29.0 Å². The maximum absolute atomic E-state index is 12.1. The van der Waals surface area contributed by atoms with Gasteiger partial charge in [-0.25, -0.2) is 0 Å². The Balaban J connectivity index is 3.55. The van der Waals surface area contributed by atoms with Gasteiger partial charge in [0.1, 0.15) is 6.61 Å². The number of aliphatic hydroxyl groups is 1. The molecule has 0 aromatic heterocycles. The number of ether oxygens (including phenoxy) is 2. The number of carbonyl (C=O) groups is 3. The molecule has 39 heavy (non-hydrogen) atoms. The van der Waals surface area contributed by atoms with E-state index in [0.717, 1.165) is 50.7 Å². The highest BCUT2D eigenvalue weighted by Gasteiger charge is 2.16. The maximum Gasteiger partial charge on any atom is 0.306 e. The van der Waals surface area contributed by atoms with E-state index in [1.807, 2.05) is 0 Å². The fourth-order valence-corrected chi connectivity index (χ4v) is 5.20. The number of aliphatic hydroxyl groups excluding tert-OH is 1. The minimum absolute atomic E-state index is 0.0766. The third-order valence-electron chi connectivity index (χ3n) is 7.00. The summed E-state index contributed by atoms with van der Waals surface area (Å²) in [5.41, 5.74) is 0. The zero-order valence-corrected chi connectivity index (χ0v) is 26.2. The van der Waals surface area contributed by atoms with E-state index in [2.05, 4.69) is 6.92 Å². The highest BCUT2D eigenvalue weighted by atomic mass is 32.2. The Morgan fingerprint density at radius 3 is 1.46 bits per heavy atom. The van der Waals surface area contributed by atoms with Gasteiger partial charge < -0.3 is 14.6 Å². The second-order valence-electron chi connectivity index (χ2n) is 10.9.